The van der Waals surface area contributed by atoms with E-state index in [0.717, 1.165) is 36.2 Å². The van der Waals surface area contributed by atoms with E-state index in [2.05, 4.69) is 15.1 Å². The maximum atomic E-state index is 14.8. The molecule has 0 atom stereocenters. The van der Waals surface area contributed by atoms with Crippen molar-refractivity contribution in [3.8, 4) is 23.0 Å². The molecule has 2 aromatic heterocycles. The molecule has 204 valence electrons. The summed E-state index contributed by atoms with van der Waals surface area (Å²) >= 11 is 0. The summed E-state index contributed by atoms with van der Waals surface area (Å²) in [5.41, 5.74) is 13.4. The van der Waals surface area contributed by atoms with Crippen molar-refractivity contribution < 1.29 is 27.8 Å². The highest BCUT2D eigenvalue weighted by atomic mass is 19.1. The van der Waals surface area contributed by atoms with Gasteiger partial charge in [-0.05, 0) is 47.5 Å². The van der Waals surface area contributed by atoms with E-state index < -0.39 is 29.8 Å². The molecule has 38 heavy (non-hydrogen) atoms. The second-order valence-electron chi connectivity index (χ2n) is 10.1. The van der Waals surface area contributed by atoms with Gasteiger partial charge in [0.05, 0.1) is 13.2 Å². The van der Waals surface area contributed by atoms with Crippen LogP contribution in [0.5, 0.6) is 11.5 Å². The first-order valence-electron chi connectivity index (χ1n) is 12.3. The van der Waals surface area contributed by atoms with Crippen LogP contribution in [0.1, 0.15) is 63.3 Å². The third-order valence-electron chi connectivity index (χ3n) is 5.82. The molecule has 1 aliphatic rings. The number of hydrogen-bond acceptors (Lipinski definition) is 9. The normalized spacial score (nSPS) is 13.4. The van der Waals surface area contributed by atoms with Gasteiger partial charge in [0, 0.05) is 34.9 Å². The molecule has 1 saturated carbocycles. The minimum absolute atomic E-state index is 0.0439. The molecule has 4 rings (SSSR count). The lowest BCUT2D eigenvalue weighted by atomic mass is 10.1. The highest BCUT2D eigenvalue weighted by molar-refractivity contribution is 5.73. The number of rotatable bonds is 9. The summed E-state index contributed by atoms with van der Waals surface area (Å²) in [4.78, 5) is 20.6. The van der Waals surface area contributed by atoms with Crippen LogP contribution in [0.3, 0.4) is 0 Å². The monoisotopic (exact) mass is 530 g/mol. The molecule has 2 heterocycles. The summed E-state index contributed by atoms with van der Waals surface area (Å²) in [5, 5.41) is 4.60. The van der Waals surface area contributed by atoms with Gasteiger partial charge in [-0.3, -0.25) is 4.68 Å². The first-order valence-corrected chi connectivity index (χ1v) is 12.3. The highest BCUT2D eigenvalue weighted by Crippen LogP contribution is 2.44. The number of nitrogens with two attached hydrogens (primary N) is 2. The summed E-state index contributed by atoms with van der Waals surface area (Å²) in [6, 6.07) is 2.33. The van der Waals surface area contributed by atoms with Crippen LogP contribution in [0, 0.1) is 18.6 Å². The minimum Gasteiger partial charge on any atom is -0.494 e. The number of anilines is 2. The van der Waals surface area contributed by atoms with Gasteiger partial charge in [0.15, 0.2) is 24.1 Å². The Bertz CT molecular complexity index is 1320. The number of carbonyl (C=O) groups excluding carboxylic acids is 1. The average molecular weight is 531 g/mol. The fraction of sp³-hybridized carbons (Fsp3) is 0.462. The number of carbonyl (C=O) groups is 1. The zero-order valence-corrected chi connectivity index (χ0v) is 22.1. The van der Waals surface area contributed by atoms with Gasteiger partial charge in [0.25, 0.3) is 0 Å². The molecule has 0 aliphatic heterocycles. The molecule has 0 saturated heterocycles. The van der Waals surface area contributed by atoms with Crippen molar-refractivity contribution in [3.05, 3.63) is 40.6 Å². The third-order valence-corrected chi connectivity index (χ3v) is 5.82. The topological polar surface area (TPSA) is 140 Å². The van der Waals surface area contributed by atoms with Gasteiger partial charge in [0.1, 0.15) is 28.7 Å². The Kier molecular flexibility index (Phi) is 7.43. The lowest BCUT2D eigenvalue weighted by Crippen LogP contribution is -2.27. The van der Waals surface area contributed by atoms with E-state index in [1.165, 1.54) is 0 Å². The van der Waals surface area contributed by atoms with Crippen LogP contribution in [0.25, 0.3) is 11.5 Å². The van der Waals surface area contributed by atoms with E-state index in [9.17, 15) is 13.6 Å². The highest BCUT2D eigenvalue weighted by Gasteiger charge is 2.33. The summed E-state index contributed by atoms with van der Waals surface area (Å²) < 4.78 is 47.1. The first kappa shape index (κ1) is 27.1. The lowest BCUT2D eigenvalue weighted by Gasteiger charge is -2.19. The van der Waals surface area contributed by atoms with E-state index in [0.29, 0.717) is 12.3 Å². The molecule has 1 aromatic carbocycles. The minimum atomic E-state index is -0.721. The Morgan fingerprint density at radius 1 is 1.11 bits per heavy atom. The zero-order chi connectivity index (χ0) is 27.8. The summed E-state index contributed by atoms with van der Waals surface area (Å²) in [6.45, 7) is 8.54. The lowest BCUT2D eigenvalue weighted by molar-refractivity contribution is -0.157. The molecule has 0 spiro atoms. The Balaban J connectivity index is 1.63. The van der Waals surface area contributed by atoms with E-state index in [4.69, 9.17) is 25.7 Å². The number of nitrogens with zero attached hydrogens (tertiary/aromatic N) is 4. The molecule has 0 unspecified atom stereocenters. The number of aromatic nitrogens is 4. The Morgan fingerprint density at radius 3 is 2.24 bits per heavy atom. The van der Waals surface area contributed by atoms with Crippen molar-refractivity contribution in [1.82, 2.24) is 19.7 Å². The predicted octanol–water partition coefficient (Wildman–Crippen LogP) is 4.14. The quantitative estimate of drug-likeness (QED) is 0.391. The largest absolute Gasteiger partial charge is 0.494 e. The van der Waals surface area contributed by atoms with E-state index in [-0.39, 0.29) is 47.0 Å². The third kappa shape index (κ3) is 5.95. The second kappa shape index (κ2) is 10.4. The fourth-order valence-corrected chi connectivity index (χ4v) is 4.14. The summed E-state index contributed by atoms with van der Waals surface area (Å²) in [5.74, 6) is -1.79. The van der Waals surface area contributed by atoms with Crippen LogP contribution in [-0.4, -0.2) is 44.5 Å². The smallest absolute Gasteiger partial charge is 0.344 e. The zero-order valence-electron chi connectivity index (χ0n) is 22.1. The molecular formula is C26H32F2N6O4. The van der Waals surface area contributed by atoms with Crippen LogP contribution in [-0.2, 0) is 16.1 Å². The summed E-state index contributed by atoms with van der Waals surface area (Å²) in [6.07, 6.45) is 1.87. The molecule has 10 nitrogen and oxygen atoms in total. The van der Waals surface area contributed by atoms with Crippen LogP contribution < -0.4 is 20.9 Å². The first-order chi connectivity index (χ1) is 17.9. The molecule has 4 N–H and O–H groups in total. The van der Waals surface area contributed by atoms with Gasteiger partial charge in [0.2, 0.25) is 5.75 Å². The average Bonchev–Trinajstić information content (AvgIpc) is 3.57. The van der Waals surface area contributed by atoms with Gasteiger partial charge in [-0.2, -0.15) is 5.10 Å². The second-order valence-corrected chi connectivity index (χ2v) is 10.1. The molecule has 1 aliphatic carbocycles. The van der Waals surface area contributed by atoms with Gasteiger partial charge in [-0.15, -0.1) is 0 Å². The van der Waals surface area contributed by atoms with Gasteiger partial charge < -0.3 is 25.7 Å². The number of benzene rings is 1. The molecule has 12 heteroatoms. The number of hydrogen-bond donors (Lipinski definition) is 2. The Morgan fingerprint density at radius 2 is 1.71 bits per heavy atom. The number of esters is 1. The Labute approximate surface area is 219 Å². The van der Waals surface area contributed by atoms with Crippen LogP contribution >= 0.6 is 0 Å². The molecule has 0 amide bonds. The van der Waals surface area contributed by atoms with Gasteiger partial charge >= 0.3 is 5.97 Å². The maximum Gasteiger partial charge on any atom is 0.344 e. The van der Waals surface area contributed by atoms with Crippen molar-refractivity contribution in [3.63, 3.8) is 0 Å². The van der Waals surface area contributed by atoms with Crippen molar-refractivity contribution >= 4 is 17.6 Å². The SMILES string of the molecule is CCOc1cc(F)c(Cn2nc(-c3nc(N)c(OCC(=O)OC(C)(C)C)c(N)n3)c(C)c2C2CC2)c(F)c1. The van der Waals surface area contributed by atoms with Crippen molar-refractivity contribution in [2.75, 3.05) is 24.7 Å². The van der Waals surface area contributed by atoms with Gasteiger partial charge in [-0.1, -0.05) is 0 Å². The van der Waals surface area contributed by atoms with Crippen LogP contribution in [0.4, 0.5) is 20.4 Å². The molecule has 0 bridgehead atoms. The maximum absolute atomic E-state index is 14.8. The fourth-order valence-electron chi connectivity index (χ4n) is 4.14. The number of ether oxygens (including phenoxy) is 3. The predicted molar refractivity (Wildman–Crippen MR) is 137 cm³/mol. The van der Waals surface area contributed by atoms with E-state index >= 15 is 0 Å². The molecular weight excluding hydrogens is 498 g/mol. The molecule has 0 radical (unpaired) electrons. The number of halogens is 2. The molecule has 3 aromatic rings. The van der Waals surface area contributed by atoms with Crippen LogP contribution in [0.15, 0.2) is 12.1 Å². The van der Waals surface area contributed by atoms with Crippen LogP contribution in [0.2, 0.25) is 0 Å². The van der Waals surface area contributed by atoms with Gasteiger partial charge in [-0.25, -0.2) is 23.5 Å². The number of nitrogen functional groups attached to an aromatic ring is 2. The Hall–Kier alpha value is -3.96. The van der Waals surface area contributed by atoms with Crippen molar-refractivity contribution in [2.24, 2.45) is 0 Å². The van der Waals surface area contributed by atoms with Crippen molar-refractivity contribution in [1.29, 1.82) is 0 Å². The van der Waals surface area contributed by atoms with E-state index in [1.54, 1.807) is 32.4 Å². The molecule has 1 fully saturated rings. The standard InChI is InChI=1S/C26H32F2N6O4/c1-6-36-15-9-17(27)16(18(28)10-15)11-34-21(14-7-8-14)13(2)20(33-34)25-31-23(29)22(24(30)32-25)37-12-19(35)38-26(3,4)5/h9-10,14H,6-8,11-12H2,1-5H3,(H4,29,30,31,32). The van der Waals surface area contributed by atoms with E-state index in [1.807, 2.05) is 6.92 Å². The summed E-state index contributed by atoms with van der Waals surface area (Å²) in [7, 11) is 0. The van der Waals surface area contributed by atoms with Crippen molar-refractivity contribution in [2.45, 2.75) is 65.5 Å².